The normalized spacial score (nSPS) is 10.9. The average molecular weight is 492 g/mol. The number of allylic oxidation sites excluding steroid dienone is 6. The van der Waals surface area contributed by atoms with Crippen LogP contribution < -0.4 is 15.3 Å². The number of carbonyl (C=O) groups excluding carboxylic acids is 3. The van der Waals surface area contributed by atoms with E-state index >= 15 is 0 Å². The molecule has 0 saturated carbocycles. The van der Waals surface area contributed by atoms with E-state index in [2.05, 4.69) is 0 Å². The Kier molecular flexibility index (Phi) is 22.5. The molecule has 1 radical (unpaired) electrons. The third kappa shape index (κ3) is 51.6. The summed E-state index contributed by atoms with van der Waals surface area (Å²) in [6, 6.07) is 0. The second-order valence-corrected chi connectivity index (χ2v) is 4.10. The van der Waals surface area contributed by atoms with Gasteiger partial charge >= 0.3 is 21.1 Å². The smallest absolute Gasteiger partial charge is 0.876 e. The molecule has 0 fully saturated rings. The van der Waals surface area contributed by atoms with E-state index in [4.69, 9.17) is 0 Å². The Bertz CT molecular complexity index is 368. The van der Waals surface area contributed by atoms with Gasteiger partial charge in [-0.05, 0) is 39.0 Å². The summed E-state index contributed by atoms with van der Waals surface area (Å²) in [5.74, 6) is -1.12. The number of rotatable bonds is 3. The van der Waals surface area contributed by atoms with Crippen molar-refractivity contribution in [3.63, 3.8) is 0 Å². The van der Waals surface area contributed by atoms with Gasteiger partial charge in [-0.2, -0.15) is 0 Å². The van der Waals surface area contributed by atoms with Gasteiger partial charge in [-0.15, -0.1) is 17.3 Å². The van der Waals surface area contributed by atoms with Gasteiger partial charge in [0.2, 0.25) is 0 Å². The first-order valence-electron chi connectivity index (χ1n) is 5.96. The van der Waals surface area contributed by atoms with E-state index in [9.17, 15) is 29.7 Å². The van der Waals surface area contributed by atoms with Gasteiger partial charge in [-0.3, -0.25) is 14.4 Å². The van der Waals surface area contributed by atoms with Crippen LogP contribution in [0.1, 0.15) is 41.5 Å². The van der Waals surface area contributed by atoms with Crippen molar-refractivity contribution in [3.05, 3.63) is 35.5 Å². The molecule has 0 bridgehead atoms. The SMILES string of the molecule is CC(=O)/C=C(/C)[O-].CC(=O)/C=C(/C)[O-].CC(=O)/C=C(/C)[O-].[Pt+3]. The fourth-order valence-electron chi connectivity index (χ4n) is 0.859. The van der Waals surface area contributed by atoms with Crippen molar-refractivity contribution < 1.29 is 50.8 Å². The van der Waals surface area contributed by atoms with Gasteiger partial charge in [0, 0.05) is 0 Å². The third-order valence-electron chi connectivity index (χ3n) is 1.22. The van der Waals surface area contributed by atoms with E-state index in [1.165, 1.54) is 41.5 Å². The van der Waals surface area contributed by atoms with Crippen LogP contribution in [0.2, 0.25) is 0 Å². The fraction of sp³-hybridized carbons (Fsp3) is 0.400. The molecule has 0 spiro atoms. The van der Waals surface area contributed by atoms with Gasteiger partial charge < -0.3 is 15.3 Å². The van der Waals surface area contributed by atoms with Crippen LogP contribution in [0, 0.1) is 0 Å². The Morgan fingerprint density at radius 1 is 0.545 bits per heavy atom. The Morgan fingerprint density at radius 3 is 0.682 bits per heavy atom. The molecule has 0 unspecified atom stereocenters. The summed E-state index contributed by atoms with van der Waals surface area (Å²) in [4.78, 5) is 29.9. The first-order valence-corrected chi connectivity index (χ1v) is 5.96. The van der Waals surface area contributed by atoms with Gasteiger partial charge in [0.25, 0.3) is 0 Å². The Labute approximate surface area is 145 Å². The molecule has 0 rings (SSSR count). The van der Waals surface area contributed by atoms with E-state index in [1.54, 1.807) is 0 Å². The summed E-state index contributed by atoms with van der Waals surface area (Å²) < 4.78 is 0. The van der Waals surface area contributed by atoms with Gasteiger partial charge in [-0.25, -0.2) is 0 Å². The minimum absolute atomic E-state index is 0. The molecule has 22 heavy (non-hydrogen) atoms. The summed E-state index contributed by atoms with van der Waals surface area (Å²) in [7, 11) is 0. The van der Waals surface area contributed by atoms with Crippen LogP contribution in [0.3, 0.4) is 0 Å². The van der Waals surface area contributed by atoms with Crippen LogP contribution in [0.5, 0.6) is 0 Å². The summed E-state index contributed by atoms with van der Waals surface area (Å²) in [5.41, 5.74) is 0. The number of hydrogen-bond acceptors (Lipinski definition) is 6. The summed E-state index contributed by atoms with van der Waals surface area (Å²) in [6.07, 6.45) is 3.17. The van der Waals surface area contributed by atoms with Crippen LogP contribution in [0.25, 0.3) is 0 Å². The predicted molar refractivity (Wildman–Crippen MR) is 73.3 cm³/mol. The van der Waals surface area contributed by atoms with Crippen LogP contribution in [0.15, 0.2) is 35.5 Å². The molecule has 0 aliphatic carbocycles. The molecule has 0 amide bonds. The molecule has 0 saturated heterocycles. The minimum atomic E-state index is -0.187. The van der Waals surface area contributed by atoms with Crippen molar-refractivity contribution in [2.75, 3.05) is 0 Å². The Morgan fingerprint density at radius 2 is 0.682 bits per heavy atom. The summed E-state index contributed by atoms with van der Waals surface area (Å²) in [5, 5.41) is 29.9. The maximum absolute atomic E-state index is 9.98. The fourth-order valence-corrected chi connectivity index (χ4v) is 0.859. The van der Waals surface area contributed by atoms with E-state index in [0.717, 1.165) is 18.2 Å². The standard InChI is InChI=1S/3C5H8O2.Pt/c3*1-4(6)3-5(2)7;/h3*3,6H,1-2H3;/q;;;+3/p-3/b3*4-3-;. The van der Waals surface area contributed by atoms with Crippen molar-refractivity contribution in [1.29, 1.82) is 0 Å². The molecule has 0 N–H and O–H groups in total. The monoisotopic (exact) mass is 492 g/mol. The third-order valence-corrected chi connectivity index (χ3v) is 1.22. The van der Waals surface area contributed by atoms with Gasteiger partial charge in [-0.1, -0.05) is 20.8 Å². The molecule has 6 nitrogen and oxygen atoms in total. The summed E-state index contributed by atoms with van der Waals surface area (Å²) in [6.45, 7) is 8.09. The summed E-state index contributed by atoms with van der Waals surface area (Å²) >= 11 is 0. The van der Waals surface area contributed by atoms with Gasteiger partial charge in [0.15, 0.2) is 17.3 Å². The van der Waals surface area contributed by atoms with E-state index < -0.39 is 0 Å². The molecule has 0 aromatic heterocycles. The van der Waals surface area contributed by atoms with E-state index in [1.807, 2.05) is 0 Å². The molecule has 0 heterocycles. The average Bonchev–Trinajstić information content (AvgIpc) is 2.10. The van der Waals surface area contributed by atoms with Crippen LogP contribution in [-0.4, -0.2) is 17.3 Å². The quantitative estimate of drug-likeness (QED) is 0.388. The number of ketones is 3. The molecule has 0 atom stereocenters. The molecule has 0 aromatic carbocycles. The molecule has 0 aliphatic heterocycles. The van der Waals surface area contributed by atoms with Crippen molar-refractivity contribution in [1.82, 2.24) is 0 Å². The maximum Gasteiger partial charge on any atom is 3.00 e. The predicted octanol–water partition coefficient (Wildman–Crippen LogP) is -0.484. The van der Waals surface area contributed by atoms with Gasteiger partial charge in [0.05, 0.1) is 0 Å². The van der Waals surface area contributed by atoms with Crippen molar-refractivity contribution >= 4 is 17.3 Å². The molecule has 0 aliphatic rings. The zero-order chi connectivity index (χ0) is 17.6. The molecular weight excluding hydrogens is 471 g/mol. The molecule has 127 valence electrons. The molecular formula is C15H21O6Pt. The van der Waals surface area contributed by atoms with Crippen molar-refractivity contribution in [3.8, 4) is 0 Å². The first-order chi connectivity index (χ1) is 9.38. The molecule has 7 heteroatoms. The Balaban J connectivity index is -0.000000108. The number of carbonyl (C=O) groups is 3. The second-order valence-electron chi connectivity index (χ2n) is 4.10. The van der Waals surface area contributed by atoms with E-state index in [0.29, 0.717) is 0 Å². The van der Waals surface area contributed by atoms with Crippen LogP contribution in [0.4, 0.5) is 0 Å². The minimum Gasteiger partial charge on any atom is -0.876 e. The first kappa shape index (κ1) is 28.5. The van der Waals surface area contributed by atoms with Crippen LogP contribution >= 0.6 is 0 Å². The number of hydrogen-bond donors (Lipinski definition) is 0. The van der Waals surface area contributed by atoms with Gasteiger partial charge in [0.1, 0.15) is 0 Å². The van der Waals surface area contributed by atoms with E-state index in [-0.39, 0.29) is 55.7 Å². The van der Waals surface area contributed by atoms with Crippen molar-refractivity contribution in [2.24, 2.45) is 0 Å². The second kappa shape index (κ2) is 17.4. The van der Waals surface area contributed by atoms with Crippen LogP contribution in [-0.2, 0) is 35.4 Å². The Hall–Kier alpha value is -1.68. The zero-order valence-electron chi connectivity index (χ0n) is 13.5. The zero-order valence-corrected chi connectivity index (χ0v) is 15.8. The largest absolute Gasteiger partial charge is 3.00 e. The topological polar surface area (TPSA) is 120 Å². The molecule has 0 aromatic rings. The van der Waals surface area contributed by atoms with Crippen molar-refractivity contribution in [2.45, 2.75) is 41.5 Å². The maximum atomic E-state index is 9.98.